The van der Waals surface area contributed by atoms with Gasteiger partial charge in [-0.2, -0.15) is 0 Å². The third-order valence-electron chi connectivity index (χ3n) is 2.85. The summed E-state index contributed by atoms with van der Waals surface area (Å²) in [5.74, 6) is -0.227. The van der Waals surface area contributed by atoms with Crippen LogP contribution in [0.1, 0.15) is 23.2 Å². The first-order valence-corrected chi connectivity index (χ1v) is 6.25. The van der Waals surface area contributed by atoms with Gasteiger partial charge in [-0.3, -0.25) is 4.79 Å². The number of Topliss-reactive ketones (excluding diaryl/α,β-unsaturated/α-hetero) is 1. The Balaban J connectivity index is 2.27. The molecule has 0 saturated carbocycles. The van der Waals surface area contributed by atoms with Crippen LogP contribution in [0.15, 0.2) is 24.3 Å². The van der Waals surface area contributed by atoms with Crippen molar-refractivity contribution in [1.29, 1.82) is 0 Å². The first kappa shape index (κ1) is 14.8. The number of halogens is 1. The summed E-state index contributed by atoms with van der Waals surface area (Å²) in [6.07, 6.45) is 1.34. The van der Waals surface area contributed by atoms with Gasteiger partial charge in [0, 0.05) is 25.1 Å². The molecule has 0 heterocycles. The van der Waals surface area contributed by atoms with Gasteiger partial charge in [0.1, 0.15) is 5.82 Å². The van der Waals surface area contributed by atoms with E-state index in [2.05, 4.69) is 10.2 Å². The van der Waals surface area contributed by atoms with Gasteiger partial charge in [-0.05, 0) is 51.3 Å². The molecule has 0 aliphatic heterocycles. The maximum absolute atomic E-state index is 12.7. The van der Waals surface area contributed by atoms with Crippen LogP contribution in [0.4, 0.5) is 4.39 Å². The van der Waals surface area contributed by atoms with Crippen molar-refractivity contribution in [3.63, 3.8) is 0 Å². The van der Waals surface area contributed by atoms with Gasteiger partial charge < -0.3 is 10.2 Å². The lowest BCUT2D eigenvalue weighted by Gasteiger charge is -2.15. The van der Waals surface area contributed by atoms with Crippen LogP contribution in [0.5, 0.6) is 0 Å². The molecular formula is C14H21FN2O. The number of ketones is 1. The number of hydrogen-bond donors (Lipinski definition) is 1. The summed E-state index contributed by atoms with van der Waals surface area (Å²) in [5, 5.41) is 3.08. The molecule has 100 valence electrons. The molecule has 0 aliphatic rings. The predicted molar refractivity (Wildman–Crippen MR) is 71.4 cm³/mol. The molecule has 0 aliphatic carbocycles. The average Bonchev–Trinajstić information content (AvgIpc) is 2.37. The maximum atomic E-state index is 12.7. The standard InChI is InChI=1S/C14H21FN2O/c1-16-9-11-17(2)10-3-4-14(18)12-5-7-13(15)8-6-12/h5-8,16H,3-4,9-11H2,1-2H3. The van der Waals surface area contributed by atoms with Gasteiger partial charge in [0.05, 0.1) is 0 Å². The zero-order valence-corrected chi connectivity index (χ0v) is 11.1. The monoisotopic (exact) mass is 252 g/mol. The van der Waals surface area contributed by atoms with Crippen LogP contribution in [0, 0.1) is 5.82 Å². The molecular weight excluding hydrogens is 231 g/mol. The van der Waals surface area contributed by atoms with Gasteiger partial charge in [0.25, 0.3) is 0 Å². The minimum atomic E-state index is -0.307. The first-order valence-electron chi connectivity index (χ1n) is 6.25. The zero-order chi connectivity index (χ0) is 13.4. The van der Waals surface area contributed by atoms with Crippen molar-refractivity contribution in [3.05, 3.63) is 35.6 Å². The molecule has 1 rings (SSSR count). The molecule has 0 saturated heterocycles. The summed E-state index contributed by atoms with van der Waals surface area (Å²) in [7, 11) is 3.96. The highest BCUT2D eigenvalue weighted by Crippen LogP contribution is 2.07. The summed E-state index contributed by atoms with van der Waals surface area (Å²) in [6, 6.07) is 5.74. The molecule has 18 heavy (non-hydrogen) atoms. The highest BCUT2D eigenvalue weighted by Gasteiger charge is 2.06. The molecule has 0 aromatic heterocycles. The fourth-order valence-corrected chi connectivity index (χ4v) is 1.70. The SMILES string of the molecule is CNCCN(C)CCCC(=O)c1ccc(F)cc1. The number of carbonyl (C=O) groups excluding carboxylic acids is 1. The minimum Gasteiger partial charge on any atom is -0.318 e. The van der Waals surface area contributed by atoms with Crippen molar-refractivity contribution in [3.8, 4) is 0 Å². The van der Waals surface area contributed by atoms with Crippen molar-refractivity contribution >= 4 is 5.78 Å². The van der Waals surface area contributed by atoms with Crippen LogP contribution >= 0.6 is 0 Å². The smallest absolute Gasteiger partial charge is 0.162 e. The second-order valence-electron chi connectivity index (χ2n) is 4.44. The Morgan fingerprint density at radius 2 is 1.94 bits per heavy atom. The highest BCUT2D eigenvalue weighted by molar-refractivity contribution is 5.95. The summed E-state index contributed by atoms with van der Waals surface area (Å²) >= 11 is 0. The fraction of sp³-hybridized carbons (Fsp3) is 0.500. The second-order valence-corrected chi connectivity index (χ2v) is 4.44. The van der Waals surface area contributed by atoms with E-state index in [0.717, 1.165) is 26.1 Å². The molecule has 0 amide bonds. The largest absolute Gasteiger partial charge is 0.318 e. The number of nitrogens with one attached hydrogen (secondary N) is 1. The van der Waals surface area contributed by atoms with Crippen LogP contribution in [0.3, 0.4) is 0 Å². The average molecular weight is 252 g/mol. The zero-order valence-electron chi connectivity index (χ0n) is 11.1. The lowest BCUT2D eigenvalue weighted by atomic mass is 10.1. The molecule has 1 N–H and O–H groups in total. The molecule has 1 aromatic rings. The van der Waals surface area contributed by atoms with E-state index in [4.69, 9.17) is 0 Å². The third kappa shape index (κ3) is 5.38. The third-order valence-corrected chi connectivity index (χ3v) is 2.85. The molecule has 4 heteroatoms. The lowest BCUT2D eigenvalue weighted by molar-refractivity contribution is 0.0976. The fourth-order valence-electron chi connectivity index (χ4n) is 1.70. The van der Waals surface area contributed by atoms with Crippen LogP contribution in [-0.2, 0) is 0 Å². The van der Waals surface area contributed by atoms with Crippen molar-refractivity contribution in [2.75, 3.05) is 33.7 Å². The number of benzene rings is 1. The van der Waals surface area contributed by atoms with Crippen molar-refractivity contribution < 1.29 is 9.18 Å². The summed E-state index contributed by atoms with van der Waals surface area (Å²) in [5.41, 5.74) is 0.592. The molecule has 0 atom stereocenters. The number of carbonyl (C=O) groups is 1. The van der Waals surface area contributed by atoms with Crippen molar-refractivity contribution in [1.82, 2.24) is 10.2 Å². The number of nitrogens with zero attached hydrogens (tertiary/aromatic N) is 1. The first-order chi connectivity index (χ1) is 8.63. The highest BCUT2D eigenvalue weighted by atomic mass is 19.1. The van der Waals surface area contributed by atoms with Gasteiger partial charge in [0.2, 0.25) is 0 Å². The van der Waals surface area contributed by atoms with E-state index in [0.29, 0.717) is 12.0 Å². The molecule has 1 aromatic carbocycles. The topological polar surface area (TPSA) is 32.3 Å². The van der Waals surface area contributed by atoms with Gasteiger partial charge in [0.15, 0.2) is 5.78 Å². The van der Waals surface area contributed by atoms with Gasteiger partial charge >= 0.3 is 0 Å². The van der Waals surface area contributed by atoms with Gasteiger partial charge in [-0.1, -0.05) is 0 Å². The molecule has 0 bridgehead atoms. The van der Waals surface area contributed by atoms with Crippen LogP contribution < -0.4 is 5.32 Å². The Morgan fingerprint density at radius 3 is 2.56 bits per heavy atom. The second kappa shape index (κ2) is 7.95. The van der Waals surface area contributed by atoms with Gasteiger partial charge in [-0.25, -0.2) is 4.39 Å². The molecule has 3 nitrogen and oxygen atoms in total. The van der Waals surface area contributed by atoms with E-state index in [1.54, 1.807) is 12.1 Å². The van der Waals surface area contributed by atoms with Crippen molar-refractivity contribution in [2.45, 2.75) is 12.8 Å². The van der Waals surface area contributed by atoms with Crippen LogP contribution in [-0.4, -0.2) is 44.4 Å². The van der Waals surface area contributed by atoms with E-state index < -0.39 is 0 Å². The van der Waals surface area contributed by atoms with Crippen LogP contribution in [0.25, 0.3) is 0 Å². The maximum Gasteiger partial charge on any atom is 0.162 e. The Bertz CT molecular complexity index is 365. The molecule has 0 radical (unpaired) electrons. The van der Waals surface area contributed by atoms with Crippen molar-refractivity contribution in [2.24, 2.45) is 0 Å². The Kier molecular flexibility index (Phi) is 6.54. The summed E-state index contributed by atoms with van der Waals surface area (Å²) < 4.78 is 12.7. The Hall–Kier alpha value is -1.26. The molecule has 0 unspecified atom stereocenters. The number of rotatable bonds is 8. The normalized spacial score (nSPS) is 10.9. The number of hydrogen-bond acceptors (Lipinski definition) is 3. The van der Waals surface area contributed by atoms with E-state index in [-0.39, 0.29) is 11.6 Å². The summed E-state index contributed by atoms with van der Waals surface area (Å²) in [4.78, 5) is 14.0. The van der Waals surface area contributed by atoms with Gasteiger partial charge in [-0.15, -0.1) is 0 Å². The van der Waals surface area contributed by atoms with E-state index in [9.17, 15) is 9.18 Å². The van der Waals surface area contributed by atoms with E-state index >= 15 is 0 Å². The van der Waals surface area contributed by atoms with E-state index in [1.165, 1.54) is 12.1 Å². The quantitative estimate of drug-likeness (QED) is 0.718. The number of likely N-dealkylation sites (N-methyl/N-ethyl adjacent to an activating group) is 2. The summed E-state index contributed by atoms with van der Waals surface area (Å²) in [6.45, 7) is 2.82. The molecule has 0 spiro atoms. The minimum absolute atomic E-state index is 0.0806. The Morgan fingerprint density at radius 1 is 1.28 bits per heavy atom. The molecule has 0 fully saturated rings. The van der Waals surface area contributed by atoms with Crippen LogP contribution in [0.2, 0.25) is 0 Å². The lowest BCUT2D eigenvalue weighted by Crippen LogP contribution is -2.28. The predicted octanol–water partition coefficient (Wildman–Crippen LogP) is 1.94. The van der Waals surface area contributed by atoms with E-state index in [1.807, 2.05) is 14.1 Å². The Labute approximate surface area is 108 Å².